The van der Waals surface area contributed by atoms with Crippen molar-refractivity contribution in [3.05, 3.63) is 59.7 Å². The molecule has 0 aliphatic carbocycles. The number of urea groups is 1. The van der Waals surface area contributed by atoms with E-state index in [1.54, 1.807) is 0 Å². The highest BCUT2D eigenvalue weighted by molar-refractivity contribution is 5.95. The summed E-state index contributed by atoms with van der Waals surface area (Å²) in [5.41, 5.74) is 4.16. The minimum absolute atomic E-state index is 0.0391. The van der Waals surface area contributed by atoms with Crippen LogP contribution < -0.4 is 10.6 Å². The van der Waals surface area contributed by atoms with Crippen LogP contribution in [0.25, 0.3) is 0 Å². The van der Waals surface area contributed by atoms with Gasteiger partial charge >= 0.3 is 6.03 Å². The van der Waals surface area contributed by atoms with Gasteiger partial charge in [0.25, 0.3) is 0 Å². The lowest BCUT2D eigenvalue weighted by Gasteiger charge is -2.39. The number of rotatable bonds is 3. The SMILES string of the molecule is Cc1ccc(NC(=O)N2CCC3(CC2)CC(C(=O)Nc2ccccc2)N(C)C3)cc1C. The molecule has 0 bridgehead atoms. The zero-order valence-electron chi connectivity index (χ0n) is 18.6. The highest BCUT2D eigenvalue weighted by Gasteiger charge is 2.47. The molecule has 1 spiro atoms. The molecule has 1 unspecified atom stereocenters. The Bertz CT molecular complexity index is 951. The van der Waals surface area contributed by atoms with Gasteiger partial charge in [0.05, 0.1) is 6.04 Å². The van der Waals surface area contributed by atoms with E-state index in [1.165, 1.54) is 11.1 Å². The van der Waals surface area contributed by atoms with Crippen molar-refractivity contribution in [1.29, 1.82) is 0 Å². The molecule has 31 heavy (non-hydrogen) atoms. The first-order valence-electron chi connectivity index (χ1n) is 11.0. The number of aryl methyl sites for hydroxylation is 2. The second-order valence-corrected chi connectivity index (χ2v) is 9.21. The van der Waals surface area contributed by atoms with Crippen molar-refractivity contribution < 1.29 is 9.59 Å². The standard InChI is InChI=1S/C25H32N4O2/c1-18-9-10-21(15-19(18)2)27-24(31)29-13-11-25(12-14-29)16-22(28(3)17-25)23(30)26-20-7-5-4-6-8-20/h4-10,15,22H,11-14,16-17H2,1-3H3,(H,26,30)(H,27,31). The number of hydrogen-bond donors (Lipinski definition) is 2. The predicted molar refractivity (Wildman–Crippen MR) is 124 cm³/mol. The number of likely N-dealkylation sites (tertiary alicyclic amines) is 2. The summed E-state index contributed by atoms with van der Waals surface area (Å²) in [4.78, 5) is 29.7. The normalized spacial score (nSPS) is 20.6. The van der Waals surface area contributed by atoms with Crippen molar-refractivity contribution in [3.8, 4) is 0 Å². The van der Waals surface area contributed by atoms with Gasteiger partial charge < -0.3 is 15.5 Å². The van der Waals surface area contributed by atoms with E-state index in [-0.39, 0.29) is 23.4 Å². The zero-order chi connectivity index (χ0) is 22.0. The van der Waals surface area contributed by atoms with Crippen LogP contribution in [-0.2, 0) is 4.79 Å². The maximum atomic E-state index is 12.9. The number of piperidine rings is 1. The molecule has 2 saturated heterocycles. The number of nitrogens with zero attached hydrogens (tertiary/aromatic N) is 2. The minimum Gasteiger partial charge on any atom is -0.325 e. The fourth-order valence-electron chi connectivity index (χ4n) is 4.88. The van der Waals surface area contributed by atoms with Crippen LogP contribution in [0.5, 0.6) is 0 Å². The summed E-state index contributed by atoms with van der Waals surface area (Å²) in [5.74, 6) is 0.0560. The first kappa shape index (κ1) is 21.4. The average molecular weight is 421 g/mol. The highest BCUT2D eigenvalue weighted by atomic mass is 16.2. The number of nitrogens with one attached hydrogen (secondary N) is 2. The van der Waals surface area contributed by atoms with Crippen LogP contribution in [0, 0.1) is 19.3 Å². The van der Waals surface area contributed by atoms with Crippen molar-refractivity contribution in [2.75, 3.05) is 37.3 Å². The molecule has 2 N–H and O–H groups in total. The van der Waals surface area contributed by atoms with E-state index in [9.17, 15) is 9.59 Å². The molecule has 2 fully saturated rings. The van der Waals surface area contributed by atoms with Crippen LogP contribution in [0.3, 0.4) is 0 Å². The summed E-state index contributed by atoms with van der Waals surface area (Å²) in [7, 11) is 2.03. The molecule has 6 nitrogen and oxygen atoms in total. The van der Waals surface area contributed by atoms with E-state index >= 15 is 0 Å². The van der Waals surface area contributed by atoms with Gasteiger partial charge in [0.2, 0.25) is 5.91 Å². The van der Waals surface area contributed by atoms with Gasteiger partial charge in [-0.2, -0.15) is 0 Å². The molecule has 2 aromatic rings. The molecule has 2 aliphatic heterocycles. The Morgan fingerprint density at radius 2 is 1.65 bits per heavy atom. The number of hydrogen-bond acceptors (Lipinski definition) is 3. The Morgan fingerprint density at radius 3 is 2.32 bits per heavy atom. The lowest BCUT2D eigenvalue weighted by atomic mass is 9.76. The summed E-state index contributed by atoms with van der Waals surface area (Å²) in [5, 5.41) is 6.08. The number of carbonyl (C=O) groups is 2. The van der Waals surface area contributed by atoms with Gasteiger partial charge in [-0.25, -0.2) is 4.79 Å². The lowest BCUT2D eigenvalue weighted by molar-refractivity contribution is -0.120. The molecule has 6 heteroatoms. The Hall–Kier alpha value is -2.86. The van der Waals surface area contributed by atoms with Crippen molar-refractivity contribution in [2.24, 2.45) is 5.41 Å². The summed E-state index contributed by atoms with van der Waals surface area (Å²) < 4.78 is 0. The fraction of sp³-hybridized carbons (Fsp3) is 0.440. The first-order valence-corrected chi connectivity index (χ1v) is 11.0. The van der Waals surface area contributed by atoms with E-state index in [0.29, 0.717) is 0 Å². The maximum Gasteiger partial charge on any atom is 0.321 e. The molecule has 2 aromatic carbocycles. The number of likely N-dealkylation sites (N-methyl/N-ethyl adjacent to an activating group) is 1. The smallest absolute Gasteiger partial charge is 0.321 e. The Labute approximate surface area is 184 Å². The molecule has 2 aliphatic rings. The van der Waals surface area contributed by atoms with E-state index in [4.69, 9.17) is 0 Å². The van der Waals surface area contributed by atoms with Crippen LogP contribution in [0.1, 0.15) is 30.4 Å². The summed E-state index contributed by atoms with van der Waals surface area (Å²) in [6.45, 7) is 6.45. The lowest BCUT2D eigenvalue weighted by Crippen LogP contribution is -2.45. The van der Waals surface area contributed by atoms with Crippen LogP contribution >= 0.6 is 0 Å². The number of amides is 3. The van der Waals surface area contributed by atoms with Gasteiger partial charge in [0.15, 0.2) is 0 Å². The van der Waals surface area contributed by atoms with E-state index in [0.717, 1.165) is 50.3 Å². The molecule has 164 valence electrons. The highest BCUT2D eigenvalue weighted by Crippen LogP contribution is 2.43. The van der Waals surface area contributed by atoms with Gasteiger partial charge in [0.1, 0.15) is 0 Å². The van der Waals surface area contributed by atoms with Gasteiger partial charge in [-0.05, 0) is 81.0 Å². The second-order valence-electron chi connectivity index (χ2n) is 9.21. The first-order chi connectivity index (χ1) is 14.8. The Balaban J connectivity index is 1.32. The largest absolute Gasteiger partial charge is 0.325 e. The molecule has 0 saturated carbocycles. The third kappa shape index (κ3) is 4.74. The van der Waals surface area contributed by atoms with Crippen LogP contribution in [0.2, 0.25) is 0 Å². The third-order valence-corrected chi connectivity index (χ3v) is 6.96. The quantitative estimate of drug-likeness (QED) is 0.780. The predicted octanol–water partition coefficient (Wildman–Crippen LogP) is 4.26. The summed E-state index contributed by atoms with van der Waals surface area (Å²) >= 11 is 0. The Morgan fingerprint density at radius 1 is 0.935 bits per heavy atom. The zero-order valence-corrected chi connectivity index (χ0v) is 18.6. The molecular formula is C25H32N4O2. The Kier molecular flexibility index (Phi) is 6.01. The number of benzene rings is 2. The summed E-state index contributed by atoms with van der Waals surface area (Å²) in [6, 6.07) is 15.4. The number of anilines is 2. The molecule has 0 aromatic heterocycles. The van der Waals surface area contributed by atoms with E-state index in [2.05, 4.69) is 29.4 Å². The van der Waals surface area contributed by atoms with E-state index < -0.39 is 0 Å². The monoisotopic (exact) mass is 420 g/mol. The van der Waals surface area contributed by atoms with Crippen LogP contribution in [0.15, 0.2) is 48.5 Å². The molecule has 4 rings (SSSR count). The number of carbonyl (C=O) groups excluding carboxylic acids is 2. The van der Waals surface area contributed by atoms with Crippen LogP contribution in [-0.4, -0.2) is 54.5 Å². The van der Waals surface area contributed by atoms with Crippen molar-refractivity contribution >= 4 is 23.3 Å². The maximum absolute atomic E-state index is 12.9. The third-order valence-electron chi connectivity index (χ3n) is 6.96. The van der Waals surface area contributed by atoms with Crippen molar-refractivity contribution in [3.63, 3.8) is 0 Å². The number of para-hydroxylation sites is 1. The topological polar surface area (TPSA) is 64.7 Å². The average Bonchev–Trinajstić information content (AvgIpc) is 3.07. The molecule has 1 atom stereocenters. The fourth-order valence-corrected chi connectivity index (χ4v) is 4.88. The minimum atomic E-state index is -0.129. The summed E-state index contributed by atoms with van der Waals surface area (Å²) in [6.07, 6.45) is 2.69. The van der Waals surface area contributed by atoms with Gasteiger partial charge in [0, 0.05) is 31.0 Å². The van der Waals surface area contributed by atoms with Crippen LogP contribution in [0.4, 0.5) is 16.2 Å². The van der Waals surface area contributed by atoms with Gasteiger partial charge in [-0.1, -0.05) is 24.3 Å². The van der Waals surface area contributed by atoms with E-state index in [1.807, 2.05) is 60.5 Å². The molecular weight excluding hydrogens is 388 g/mol. The van der Waals surface area contributed by atoms with Gasteiger partial charge in [-0.3, -0.25) is 9.69 Å². The second kappa shape index (κ2) is 8.71. The van der Waals surface area contributed by atoms with Crippen molar-refractivity contribution in [2.45, 2.75) is 39.2 Å². The molecule has 2 heterocycles. The molecule has 0 radical (unpaired) electrons. The van der Waals surface area contributed by atoms with Crippen molar-refractivity contribution in [1.82, 2.24) is 9.80 Å². The van der Waals surface area contributed by atoms with Gasteiger partial charge in [-0.15, -0.1) is 0 Å². The molecule has 3 amide bonds.